The van der Waals surface area contributed by atoms with Gasteiger partial charge in [-0.3, -0.25) is 0 Å². The fraction of sp³-hybridized carbons (Fsp3) is 0.429. The van der Waals surface area contributed by atoms with Crippen molar-refractivity contribution in [3.63, 3.8) is 0 Å². The molecule has 0 saturated heterocycles. The topological polar surface area (TPSA) is 9.23 Å². The Kier molecular flexibility index (Phi) is 5.13. The van der Waals surface area contributed by atoms with Gasteiger partial charge in [-0.15, -0.1) is 0 Å². The van der Waals surface area contributed by atoms with Crippen molar-refractivity contribution in [3.05, 3.63) is 41.5 Å². The molecular formula is C14H20O. The SMILES string of the molecule is CC(=Cc1ccccc1)COCC(C)C. The monoisotopic (exact) mass is 204 g/mol. The van der Waals surface area contributed by atoms with Gasteiger partial charge < -0.3 is 4.74 Å². The molecule has 0 N–H and O–H groups in total. The molecule has 0 atom stereocenters. The van der Waals surface area contributed by atoms with E-state index in [1.54, 1.807) is 0 Å². The number of rotatable bonds is 5. The average molecular weight is 204 g/mol. The van der Waals surface area contributed by atoms with Gasteiger partial charge in [0.05, 0.1) is 6.61 Å². The lowest BCUT2D eigenvalue weighted by molar-refractivity contribution is 0.130. The highest BCUT2D eigenvalue weighted by molar-refractivity contribution is 5.52. The van der Waals surface area contributed by atoms with Gasteiger partial charge in [0.15, 0.2) is 0 Å². The van der Waals surface area contributed by atoms with Crippen molar-refractivity contribution in [2.75, 3.05) is 13.2 Å². The maximum absolute atomic E-state index is 5.56. The van der Waals surface area contributed by atoms with Crippen LogP contribution in [0, 0.1) is 5.92 Å². The van der Waals surface area contributed by atoms with Crippen LogP contribution in [0.2, 0.25) is 0 Å². The van der Waals surface area contributed by atoms with Gasteiger partial charge in [-0.05, 0) is 24.0 Å². The zero-order valence-electron chi connectivity index (χ0n) is 9.86. The molecule has 1 aromatic rings. The van der Waals surface area contributed by atoms with Crippen LogP contribution in [0.25, 0.3) is 6.08 Å². The second-order valence-electron chi connectivity index (χ2n) is 4.31. The zero-order chi connectivity index (χ0) is 11.1. The molecule has 0 saturated carbocycles. The van der Waals surface area contributed by atoms with E-state index in [9.17, 15) is 0 Å². The minimum absolute atomic E-state index is 0.606. The molecular weight excluding hydrogens is 184 g/mol. The Labute approximate surface area is 92.8 Å². The smallest absolute Gasteiger partial charge is 0.0677 e. The number of ether oxygens (including phenoxy) is 1. The lowest BCUT2D eigenvalue weighted by atomic mass is 10.1. The molecule has 0 aliphatic rings. The molecule has 1 nitrogen and oxygen atoms in total. The predicted octanol–water partition coefficient (Wildman–Crippen LogP) is 3.76. The third-order valence-corrected chi connectivity index (χ3v) is 1.99. The second-order valence-corrected chi connectivity index (χ2v) is 4.31. The molecule has 1 aromatic carbocycles. The van der Waals surface area contributed by atoms with Crippen LogP contribution in [0.15, 0.2) is 35.9 Å². The largest absolute Gasteiger partial charge is 0.377 e. The highest BCUT2D eigenvalue weighted by Gasteiger charge is 1.95. The highest BCUT2D eigenvalue weighted by Crippen LogP contribution is 2.06. The molecule has 0 spiro atoms. The average Bonchev–Trinajstić information content (AvgIpc) is 2.18. The normalized spacial score (nSPS) is 12.1. The van der Waals surface area contributed by atoms with Crippen LogP contribution in [0.3, 0.4) is 0 Å². The Morgan fingerprint density at radius 1 is 1.27 bits per heavy atom. The first-order valence-corrected chi connectivity index (χ1v) is 5.48. The van der Waals surface area contributed by atoms with E-state index in [2.05, 4.69) is 39.0 Å². The fourth-order valence-corrected chi connectivity index (χ4v) is 1.33. The zero-order valence-corrected chi connectivity index (χ0v) is 9.86. The maximum atomic E-state index is 5.56. The van der Waals surface area contributed by atoms with Gasteiger partial charge >= 0.3 is 0 Å². The summed E-state index contributed by atoms with van der Waals surface area (Å²) in [5.74, 6) is 0.606. The minimum Gasteiger partial charge on any atom is -0.377 e. The third-order valence-electron chi connectivity index (χ3n) is 1.99. The van der Waals surface area contributed by atoms with Gasteiger partial charge in [0.2, 0.25) is 0 Å². The summed E-state index contributed by atoms with van der Waals surface area (Å²) in [4.78, 5) is 0. The van der Waals surface area contributed by atoms with Gasteiger partial charge in [-0.25, -0.2) is 0 Å². The van der Waals surface area contributed by atoms with Crippen molar-refractivity contribution in [2.24, 2.45) is 5.92 Å². The molecule has 0 fully saturated rings. The summed E-state index contributed by atoms with van der Waals surface area (Å²) in [5, 5.41) is 0. The fourth-order valence-electron chi connectivity index (χ4n) is 1.33. The van der Waals surface area contributed by atoms with Crippen LogP contribution in [0.1, 0.15) is 26.3 Å². The quantitative estimate of drug-likeness (QED) is 0.709. The van der Waals surface area contributed by atoms with Crippen LogP contribution in [0.4, 0.5) is 0 Å². The Morgan fingerprint density at radius 2 is 1.93 bits per heavy atom. The Bertz CT molecular complexity index is 298. The van der Waals surface area contributed by atoms with E-state index in [0.29, 0.717) is 5.92 Å². The molecule has 0 aliphatic carbocycles. The summed E-state index contributed by atoms with van der Waals surface area (Å²) >= 11 is 0. The van der Waals surface area contributed by atoms with Gasteiger partial charge in [-0.2, -0.15) is 0 Å². The first kappa shape index (κ1) is 12.0. The van der Waals surface area contributed by atoms with Crippen molar-refractivity contribution >= 4 is 6.08 Å². The molecule has 15 heavy (non-hydrogen) atoms. The molecule has 0 unspecified atom stereocenters. The second kappa shape index (κ2) is 6.41. The maximum Gasteiger partial charge on any atom is 0.0677 e. The van der Waals surface area contributed by atoms with Crippen molar-refractivity contribution in [3.8, 4) is 0 Å². The minimum atomic E-state index is 0.606. The molecule has 0 bridgehead atoms. The molecule has 0 aromatic heterocycles. The Balaban J connectivity index is 2.40. The van der Waals surface area contributed by atoms with Crippen molar-refractivity contribution < 1.29 is 4.74 Å². The summed E-state index contributed by atoms with van der Waals surface area (Å²) in [7, 11) is 0. The van der Waals surface area contributed by atoms with Crippen LogP contribution in [-0.4, -0.2) is 13.2 Å². The summed E-state index contributed by atoms with van der Waals surface area (Å²) in [6.07, 6.45) is 2.17. The molecule has 0 heterocycles. The van der Waals surface area contributed by atoms with Crippen molar-refractivity contribution in [1.29, 1.82) is 0 Å². The van der Waals surface area contributed by atoms with E-state index in [-0.39, 0.29) is 0 Å². The van der Waals surface area contributed by atoms with Gasteiger partial charge in [0.25, 0.3) is 0 Å². The Morgan fingerprint density at radius 3 is 2.53 bits per heavy atom. The van der Waals surface area contributed by atoms with Gasteiger partial charge in [-0.1, -0.05) is 50.3 Å². The van der Waals surface area contributed by atoms with Gasteiger partial charge in [0, 0.05) is 6.61 Å². The van der Waals surface area contributed by atoms with Crippen molar-refractivity contribution in [2.45, 2.75) is 20.8 Å². The summed E-state index contributed by atoms with van der Waals surface area (Å²) < 4.78 is 5.56. The van der Waals surface area contributed by atoms with E-state index in [1.165, 1.54) is 11.1 Å². The lowest BCUT2D eigenvalue weighted by Crippen LogP contribution is -2.03. The number of hydrogen-bond acceptors (Lipinski definition) is 1. The van der Waals surface area contributed by atoms with Crippen LogP contribution >= 0.6 is 0 Å². The van der Waals surface area contributed by atoms with E-state index < -0.39 is 0 Å². The van der Waals surface area contributed by atoms with Crippen LogP contribution in [-0.2, 0) is 4.74 Å². The Hall–Kier alpha value is -1.08. The van der Waals surface area contributed by atoms with Gasteiger partial charge in [0.1, 0.15) is 0 Å². The molecule has 1 heteroatoms. The number of benzene rings is 1. The van der Waals surface area contributed by atoms with Crippen LogP contribution < -0.4 is 0 Å². The highest BCUT2D eigenvalue weighted by atomic mass is 16.5. The molecule has 0 amide bonds. The molecule has 1 rings (SSSR count). The van der Waals surface area contributed by atoms with E-state index in [1.807, 2.05) is 18.2 Å². The molecule has 82 valence electrons. The molecule has 0 radical (unpaired) electrons. The first-order chi connectivity index (χ1) is 7.18. The lowest BCUT2D eigenvalue weighted by Gasteiger charge is -2.06. The predicted molar refractivity (Wildman–Crippen MR) is 65.8 cm³/mol. The summed E-state index contributed by atoms with van der Waals surface area (Å²) in [6.45, 7) is 7.99. The first-order valence-electron chi connectivity index (χ1n) is 5.48. The van der Waals surface area contributed by atoms with E-state index in [4.69, 9.17) is 4.74 Å². The third kappa shape index (κ3) is 5.38. The van der Waals surface area contributed by atoms with E-state index >= 15 is 0 Å². The van der Waals surface area contributed by atoms with Crippen molar-refractivity contribution in [1.82, 2.24) is 0 Å². The summed E-state index contributed by atoms with van der Waals surface area (Å²) in [5.41, 5.74) is 2.50. The van der Waals surface area contributed by atoms with Crippen LogP contribution in [0.5, 0.6) is 0 Å². The number of hydrogen-bond donors (Lipinski definition) is 0. The molecule has 0 aliphatic heterocycles. The standard InChI is InChI=1S/C14H20O/c1-12(2)10-15-11-13(3)9-14-7-5-4-6-8-14/h4-9,12H,10-11H2,1-3H3. The summed E-state index contributed by atoms with van der Waals surface area (Å²) in [6, 6.07) is 10.3. The van der Waals surface area contributed by atoms with E-state index in [0.717, 1.165) is 13.2 Å².